The van der Waals surface area contributed by atoms with Crippen molar-refractivity contribution in [3.8, 4) is 0 Å². The van der Waals surface area contributed by atoms with Crippen molar-refractivity contribution in [2.75, 3.05) is 20.6 Å². The molecule has 0 aliphatic heterocycles. The molecule has 0 aliphatic carbocycles. The summed E-state index contributed by atoms with van der Waals surface area (Å²) < 4.78 is 14.8. The second kappa shape index (κ2) is 7.33. The van der Waals surface area contributed by atoms with Crippen LogP contribution in [0.2, 0.25) is 0 Å². The van der Waals surface area contributed by atoms with Crippen molar-refractivity contribution in [1.82, 2.24) is 20.0 Å². The number of benzene rings is 1. The number of nitrogens with zero attached hydrogens (tertiary/aromatic N) is 3. The van der Waals surface area contributed by atoms with Gasteiger partial charge in [0.05, 0.1) is 6.20 Å². The summed E-state index contributed by atoms with van der Waals surface area (Å²) in [5.41, 5.74) is 2.33. The zero-order valence-corrected chi connectivity index (χ0v) is 12.9. The van der Waals surface area contributed by atoms with Gasteiger partial charge in [-0.3, -0.25) is 4.68 Å². The van der Waals surface area contributed by atoms with Crippen molar-refractivity contribution < 1.29 is 4.39 Å². The van der Waals surface area contributed by atoms with Crippen LogP contribution in [-0.4, -0.2) is 35.3 Å². The maximum absolute atomic E-state index is 13.0. The molecule has 0 saturated heterocycles. The molecule has 1 aromatic carbocycles. The Hall–Kier alpha value is -1.72. The summed E-state index contributed by atoms with van der Waals surface area (Å²) in [5.74, 6) is -0.192. The van der Waals surface area contributed by atoms with Crippen molar-refractivity contribution in [3.63, 3.8) is 0 Å². The van der Waals surface area contributed by atoms with Crippen molar-refractivity contribution in [2.24, 2.45) is 7.05 Å². The summed E-state index contributed by atoms with van der Waals surface area (Å²) >= 11 is 0. The van der Waals surface area contributed by atoms with Gasteiger partial charge in [0.2, 0.25) is 0 Å². The van der Waals surface area contributed by atoms with E-state index in [1.807, 2.05) is 43.3 Å². The molecule has 1 N–H and O–H groups in total. The highest BCUT2D eigenvalue weighted by molar-refractivity contribution is 5.19. The van der Waals surface area contributed by atoms with Crippen LogP contribution in [0.5, 0.6) is 0 Å². The number of halogens is 1. The van der Waals surface area contributed by atoms with Crippen molar-refractivity contribution in [1.29, 1.82) is 0 Å². The summed E-state index contributed by atoms with van der Waals surface area (Å²) in [6.45, 7) is 1.84. The summed E-state index contributed by atoms with van der Waals surface area (Å²) in [6.07, 6.45) is 4.90. The van der Waals surface area contributed by atoms with E-state index in [2.05, 4.69) is 22.4 Å². The third kappa shape index (κ3) is 4.65. The Morgan fingerprint density at radius 2 is 2.05 bits per heavy atom. The van der Waals surface area contributed by atoms with Crippen molar-refractivity contribution >= 4 is 0 Å². The highest BCUT2D eigenvalue weighted by atomic mass is 19.1. The van der Waals surface area contributed by atoms with Gasteiger partial charge in [0, 0.05) is 31.4 Å². The Morgan fingerprint density at radius 3 is 2.62 bits per heavy atom. The van der Waals surface area contributed by atoms with Crippen molar-refractivity contribution in [3.05, 3.63) is 53.6 Å². The average Bonchev–Trinajstić information content (AvgIpc) is 2.86. The number of hydrogen-bond acceptors (Lipinski definition) is 3. The van der Waals surface area contributed by atoms with E-state index in [-0.39, 0.29) is 11.9 Å². The number of aryl methyl sites for hydroxylation is 1. The molecule has 0 bridgehead atoms. The minimum Gasteiger partial charge on any atom is -0.313 e. The molecule has 2 rings (SSSR count). The van der Waals surface area contributed by atoms with Crippen LogP contribution in [-0.2, 0) is 13.6 Å². The van der Waals surface area contributed by atoms with Gasteiger partial charge in [-0.25, -0.2) is 4.39 Å². The van der Waals surface area contributed by atoms with E-state index >= 15 is 0 Å². The molecule has 1 heterocycles. The fourth-order valence-electron chi connectivity index (χ4n) is 2.47. The number of hydrogen-bond donors (Lipinski definition) is 1. The van der Waals surface area contributed by atoms with Gasteiger partial charge in [0.15, 0.2) is 0 Å². The Labute approximate surface area is 125 Å². The normalized spacial score (nSPS) is 12.8. The van der Waals surface area contributed by atoms with Gasteiger partial charge in [-0.1, -0.05) is 12.1 Å². The second-order valence-corrected chi connectivity index (χ2v) is 5.44. The number of rotatable bonds is 7. The second-order valence-electron chi connectivity index (χ2n) is 5.44. The first kappa shape index (κ1) is 15.7. The molecular formula is C16H23FN4. The van der Waals surface area contributed by atoms with E-state index in [0.29, 0.717) is 0 Å². The standard InChI is InChI=1S/C16H23FN4/c1-18-16(14-4-6-15(17)7-5-14)8-9-20(2)11-13-10-19-21(3)12-13/h4-7,10,12,16,18H,8-9,11H2,1-3H3. The van der Waals surface area contributed by atoms with Crippen LogP contribution >= 0.6 is 0 Å². The van der Waals surface area contributed by atoms with Gasteiger partial charge in [-0.2, -0.15) is 5.10 Å². The molecule has 0 amide bonds. The molecule has 0 radical (unpaired) electrons. The van der Waals surface area contributed by atoms with E-state index in [9.17, 15) is 4.39 Å². The summed E-state index contributed by atoms with van der Waals surface area (Å²) in [7, 11) is 5.97. The van der Waals surface area contributed by atoms with Crippen LogP contribution in [0.25, 0.3) is 0 Å². The van der Waals surface area contributed by atoms with Crippen LogP contribution < -0.4 is 5.32 Å². The third-order valence-corrected chi connectivity index (χ3v) is 3.63. The zero-order chi connectivity index (χ0) is 15.2. The van der Waals surface area contributed by atoms with Gasteiger partial charge >= 0.3 is 0 Å². The maximum atomic E-state index is 13.0. The SMILES string of the molecule is CNC(CCN(C)Cc1cnn(C)c1)c1ccc(F)cc1. The number of nitrogens with one attached hydrogen (secondary N) is 1. The average molecular weight is 290 g/mol. The molecular weight excluding hydrogens is 267 g/mol. The van der Waals surface area contributed by atoms with Gasteiger partial charge in [0.1, 0.15) is 5.82 Å². The molecule has 21 heavy (non-hydrogen) atoms. The molecule has 4 nitrogen and oxygen atoms in total. The van der Waals surface area contributed by atoms with Crippen molar-refractivity contribution in [2.45, 2.75) is 19.0 Å². The highest BCUT2D eigenvalue weighted by Crippen LogP contribution is 2.17. The molecule has 0 aliphatic rings. The van der Waals surface area contributed by atoms with E-state index in [0.717, 1.165) is 25.1 Å². The first-order chi connectivity index (χ1) is 10.1. The number of aromatic nitrogens is 2. The van der Waals surface area contributed by atoms with E-state index in [1.165, 1.54) is 17.7 Å². The minimum atomic E-state index is -0.192. The predicted molar refractivity (Wildman–Crippen MR) is 82.4 cm³/mol. The summed E-state index contributed by atoms with van der Waals surface area (Å²) in [5, 5.41) is 7.47. The molecule has 2 aromatic rings. The van der Waals surface area contributed by atoms with E-state index < -0.39 is 0 Å². The molecule has 1 unspecified atom stereocenters. The maximum Gasteiger partial charge on any atom is 0.123 e. The van der Waals surface area contributed by atoms with Gasteiger partial charge in [-0.15, -0.1) is 0 Å². The monoisotopic (exact) mass is 290 g/mol. The van der Waals surface area contributed by atoms with E-state index in [4.69, 9.17) is 0 Å². The van der Waals surface area contributed by atoms with Crippen LogP contribution in [0.15, 0.2) is 36.7 Å². The zero-order valence-electron chi connectivity index (χ0n) is 12.9. The lowest BCUT2D eigenvalue weighted by Gasteiger charge is -2.21. The third-order valence-electron chi connectivity index (χ3n) is 3.63. The summed E-state index contributed by atoms with van der Waals surface area (Å²) in [4.78, 5) is 2.27. The quantitative estimate of drug-likeness (QED) is 0.849. The van der Waals surface area contributed by atoms with Crippen LogP contribution in [0, 0.1) is 5.82 Å². The fourth-order valence-corrected chi connectivity index (χ4v) is 2.47. The van der Waals surface area contributed by atoms with Gasteiger partial charge in [-0.05, 0) is 44.8 Å². The first-order valence-electron chi connectivity index (χ1n) is 7.17. The minimum absolute atomic E-state index is 0.192. The Morgan fingerprint density at radius 1 is 1.33 bits per heavy atom. The highest BCUT2D eigenvalue weighted by Gasteiger charge is 2.11. The van der Waals surface area contributed by atoms with Crippen LogP contribution in [0.3, 0.4) is 0 Å². The Kier molecular flexibility index (Phi) is 5.47. The molecule has 0 spiro atoms. The molecule has 1 aromatic heterocycles. The van der Waals surface area contributed by atoms with Crippen LogP contribution in [0.4, 0.5) is 4.39 Å². The lowest BCUT2D eigenvalue weighted by molar-refractivity contribution is 0.304. The first-order valence-corrected chi connectivity index (χ1v) is 7.17. The Balaban J connectivity index is 1.86. The topological polar surface area (TPSA) is 33.1 Å². The lowest BCUT2D eigenvalue weighted by atomic mass is 10.0. The molecule has 114 valence electrons. The molecule has 0 saturated carbocycles. The molecule has 1 atom stereocenters. The summed E-state index contributed by atoms with van der Waals surface area (Å²) in [6, 6.07) is 6.95. The van der Waals surface area contributed by atoms with E-state index in [1.54, 1.807) is 0 Å². The molecule has 0 fully saturated rings. The molecule has 5 heteroatoms. The van der Waals surface area contributed by atoms with Crippen LogP contribution in [0.1, 0.15) is 23.6 Å². The Bertz CT molecular complexity index is 550. The predicted octanol–water partition coefficient (Wildman–Crippen LogP) is 2.34. The van der Waals surface area contributed by atoms with Gasteiger partial charge in [0.25, 0.3) is 0 Å². The smallest absolute Gasteiger partial charge is 0.123 e. The fraction of sp³-hybridized carbons (Fsp3) is 0.438. The lowest BCUT2D eigenvalue weighted by Crippen LogP contribution is -2.25. The largest absolute Gasteiger partial charge is 0.313 e. The van der Waals surface area contributed by atoms with Gasteiger partial charge < -0.3 is 10.2 Å².